The van der Waals surface area contributed by atoms with Crippen molar-refractivity contribution in [1.29, 1.82) is 0 Å². The summed E-state index contributed by atoms with van der Waals surface area (Å²) < 4.78 is 1.06. The third-order valence-corrected chi connectivity index (χ3v) is 4.70. The summed E-state index contributed by atoms with van der Waals surface area (Å²) in [5, 5.41) is 4.18. The number of benzene rings is 2. The van der Waals surface area contributed by atoms with Gasteiger partial charge in [0, 0.05) is 10.5 Å². The van der Waals surface area contributed by atoms with Crippen molar-refractivity contribution in [3.8, 4) is 0 Å². The molecule has 0 amide bonds. The molecule has 0 saturated heterocycles. The molecule has 2 N–H and O–H groups in total. The molecule has 0 aliphatic heterocycles. The zero-order valence-corrected chi connectivity index (χ0v) is 15.3. The van der Waals surface area contributed by atoms with Crippen LogP contribution in [0, 0.1) is 0 Å². The fourth-order valence-electron chi connectivity index (χ4n) is 2.84. The van der Waals surface area contributed by atoms with Crippen LogP contribution in [0.5, 0.6) is 0 Å². The topological polar surface area (TPSA) is 57.8 Å². The molecule has 5 heteroatoms. The first-order chi connectivity index (χ1) is 11.6. The molecule has 1 aromatic heterocycles. The number of para-hydroxylation sites is 1. The van der Waals surface area contributed by atoms with Crippen molar-refractivity contribution < 1.29 is 0 Å². The molecule has 124 valence electrons. The highest BCUT2D eigenvalue weighted by Crippen LogP contribution is 2.22. The minimum Gasteiger partial charge on any atom is -0.309 e. The van der Waals surface area contributed by atoms with Gasteiger partial charge in [0.25, 0.3) is 5.56 Å². The van der Waals surface area contributed by atoms with E-state index in [1.54, 1.807) is 6.07 Å². The van der Waals surface area contributed by atoms with E-state index in [1.165, 1.54) is 5.56 Å². The molecule has 0 aliphatic carbocycles. The van der Waals surface area contributed by atoms with Crippen molar-refractivity contribution in [1.82, 2.24) is 15.3 Å². The van der Waals surface area contributed by atoms with E-state index in [1.807, 2.05) is 37.3 Å². The van der Waals surface area contributed by atoms with E-state index in [0.29, 0.717) is 11.2 Å². The second-order valence-electron chi connectivity index (χ2n) is 5.87. The summed E-state index contributed by atoms with van der Waals surface area (Å²) in [5.41, 5.74) is 1.85. The standard InChI is InChI=1S/C19H20BrN3O/c1-3-16(13-8-10-14(20)11-9-13)21-12(2)18-22-17-7-5-4-6-15(17)19(24)23-18/h4-12,16,21H,3H2,1-2H3,(H,22,23,24). The summed E-state index contributed by atoms with van der Waals surface area (Å²) in [7, 11) is 0. The predicted octanol–water partition coefficient (Wildman–Crippen LogP) is 4.49. The van der Waals surface area contributed by atoms with Gasteiger partial charge in [-0.3, -0.25) is 4.79 Å². The first kappa shape index (κ1) is 16.9. The number of fused-ring (bicyclic) bond motifs is 1. The van der Waals surface area contributed by atoms with Crippen LogP contribution in [-0.2, 0) is 0 Å². The van der Waals surface area contributed by atoms with Crippen LogP contribution in [0.1, 0.15) is 43.7 Å². The van der Waals surface area contributed by atoms with Gasteiger partial charge in [-0.05, 0) is 43.2 Å². The number of rotatable bonds is 5. The van der Waals surface area contributed by atoms with Gasteiger partial charge in [-0.2, -0.15) is 0 Å². The molecule has 0 saturated carbocycles. The molecular formula is C19H20BrN3O. The zero-order valence-electron chi connectivity index (χ0n) is 13.7. The Hall–Kier alpha value is -1.98. The van der Waals surface area contributed by atoms with E-state index >= 15 is 0 Å². The molecule has 24 heavy (non-hydrogen) atoms. The van der Waals surface area contributed by atoms with Gasteiger partial charge in [-0.15, -0.1) is 0 Å². The van der Waals surface area contributed by atoms with Gasteiger partial charge in [0.05, 0.1) is 16.9 Å². The van der Waals surface area contributed by atoms with Crippen molar-refractivity contribution in [2.45, 2.75) is 32.4 Å². The van der Waals surface area contributed by atoms with Crippen molar-refractivity contribution in [3.05, 3.63) is 74.7 Å². The number of H-pyrrole nitrogens is 1. The molecule has 0 spiro atoms. The van der Waals surface area contributed by atoms with Crippen molar-refractivity contribution in [2.24, 2.45) is 0 Å². The van der Waals surface area contributed by atoms with E-state index in [4.69, 9.17) is 0 Å². The second-order valence-corrected chi connectivity index (χ2v) is 6.78. The van der Waals surface area contributed by atoms with Crippen LogP contribution in [0.2, 0.25) is 0 Å². The summed E-state index contributed by atoms with van der Waals surface area (Å²) in [6.45, 7) is 4.16. The van der Waals surface area contributed by atoms with Crippen LogP contribution in [-0.4, -0.2) is 9.97 Å². The zero-order chi connectivity index (χ0) is 17.1. The van der Waals surface area contributed by atoms with Gasteiger partial charge in [0.15, 0.2) is 0 Å². The molecule has 2 unspecified atom stereocenters. The Kier molecular flexibility index (Phi) is 5.11. The van der Waals surface area contributed by atoms with Gasteiger partial charge in [-0.25, -0.2) is 4.98 Å². The Bertz CT molecular complexity index is 889. The third-order valence-electron chi connectivity index (χ3n) is 4.17. The van der Waals surface area contributed by atoms with E-state index in [-0.39, 0.29) is 17.6 Å². The van der Waals surface area contributed by atoms with Crippen molar-refractivity contribution in [3.63, 3.8) is 0 Å². The maximum atomic E-state index is 12.2. The van der Waals surface area contributed by atoms with Crippen molar-refractivity contribution >= 4 is 26.8 Å². The highest BCUT2D eigenvalue weighted by molar-refractivity contribution is 9.10. The maximum Gasteiger partial charge on any atom is 0.258 e. The fourth-order valence-corrected chi connectivity index (χ4v) is 3.10. The smallest absolute Gasteiger partial charge is 0.258 e. The average molecular weight is 386 g/mol. The Morgan fingerprint density at radius 1 is 1.17 bits per heavy atom. The molecule has 0 fully saturated rings. The molecule has 0 aliphatic rings. The van der Waals surface area contributed by atoms with Gasteiger partial charge >= 0.3 is 0 Å². The van der Waals surface area contributed by atoms with Crippen LogP contribution in [0.25, 0.3) is 10.9 Å². The highest BCUT2D eigenvalue weighted by atomic mass is 79.9. The summed E-state index contributed by atoms with van der Waals surface area (Å²) in [6.07, 6.45) is 0.948. The molecule has 3 aromatic rings. The predicted molar refractivity (Wildman–Crippen MR) is 101 cm³/mol. The largest absolute Gasteiger partial charge is 0.309 e. The van der Waals surface area contributed by atoms with Gasteiger partial charge < -0.3 is 10.3 Å². The Morgan fingerprint density at radius 3 is 2.58 bits per heavy atom. The van der Waals surface area contributed by atoms with E-state index in [9.17, 15) is 4.79 Å². The number of aromatic amines is 1. The summed E-state index contributed by atoms with van der Waals surface area (Å²) in [6, 6.07) is 15.8. The quantitative estimate of drug-likeness (QED) is 0.680. The van der Waals surface area contributed by atoms with Crippen LogP contribution < -0.4 is 10.9 Å². The third kappa shape index (κ3) is 3.57. The number of hydrogen-bond acceptors (Lipinski definition) is 3. The van der Waals surface area contributed by atoms with Crippen LogP contribution >= 0.6 is 15.9 Å². The molecule has 0 bridgehead atoms. The lowest BCUT2D eigenvalue weighted by atomic mass is 10.0. The summed E-state index contributed by atoms with van der Waals surface area (Å²) in [5.74, 6) is 0.661. The van der Waals surface area contributed by atoms with E-state index in [0.717, 1.165) is 16.4 Å². The molecule has 1 heterocycles. The molecule has 4 nitrogen and oxygen atoms in total. The SMILES string of the molecule is CCC(NC(C)c1nc2ccccc2c(=O)[nH]1)c1ccc(Br)cc1. The Balaban J connectivity index is 1.86. The van der Waals surface area contributed by atoms with Crippen LogP contribution in [0.4, 0.5) is 0 Å². The molecular weight excluding hydrogens is 366 g/mol. The van der Waals surface area contributed by atoms with E-state index < -0.39 is 0 Å². The highest BCUT2D eigenvalue weighted by Gasteiger charge is 2.16. The number of nitrogens with zero attached hydrogens (tertiary/aromatic N) is 1. The van der Waals surface area contributed by atoms with Crippen LogP contribution in [0.3, 0.4) is 0 Å². The Morgan fingerprint density at radius 2 is 1.88 bits per heavy atom. The number of halogens is 1. The second kappa shape index (κ2) is 7.28. The summed E-state index contributed by atoms with van der Waals surface area (Å²) >= 11 is 3.46. The first-order valence-corrected chi connectivity index (χ1v) is 8.88. The first-order valence-electron chi connectivity index (χ1n) is 8.09. The maximum absolute atomic E-state index is 12.2. The molecule has 2 atom stereocenters. The van der Waals surface area contributed by atoms with E-state index in [2.05, 4.69) is 50.3 Å². The number of nitrogens with one attached hydrogen (secondary N) is 2. The minimum absolute atomic E-state index is 0.0593. The number of hydrogen-bond donors (Lipinski definition) is 2. The molecule has 3 rings (SSSR count). The molecule has 0 radical (unpaired) electrons. The number of aromatic nitrogens is 2. The lowest BCUT2D eigenvalue weighted by molar-refractivity contribution is 0.443. The normalized spacial score (nSPS) is 13.8. The van der Waals surface area contributed by atoms with Crippen molar-refractivity contribution in [2.75, 3.05) is 0 Å². The molecule has 2 aromatic carbocycles. The van der Waals surface area contributed by atoms with Gasteiger partial charge in [0.1, 0.15) is 5.82 Å². The monoisotopic (exact) mass is 385 g/mol. The minimum atomic E-state index is -0.0964. The average Bonchev–Trinajstić information content (AvgIpc) is 2.60. The fraction of sp³-hybridized carbons (Fsp3) is 0.263. The van der Waals surface area contributed by atoms with Gasteiger partial charge in [-0.1, -0.05) is 47.1 Å². The lowest BCUT2D eigenvalue weighted by Gasteiger charge is -2.22. The lowest BCUT2D eigenvalue weighted by Crippen LogP contribution is -2.27. The Labute approximate surface area is 149 Å². The van der Waals surface area contributed by atoms with Gasteiger partial charge in [0.2, 0.25) is 0 Å². The summed E-state index contributed by atoms with van der Waals surface area (Å²) in [4.78, 5) is 19.7. The van der Waals surface area contributed by atoms with Crippen LogP contribution in [0.15, 0.2) is 57.8 Å².